The summed E-state index contributed by atoms with van der Waals surface area (Å²) in [7, 11) is -2.11. The van der Waals surface area contributed by atoms with Crippen molar-refractivity contribution in [3.8, 4) is 5.75 Å². The molecule has 3 aliphatic rings. The monoisotopic (exact) mass is 645 g/mol. The number of aliphatic imine (C=N–C) groups is 1. The van der Waals surface area contributed by atoms with Crippen LogP contribution in [0, 0.1) is 17.7 Å². The Morgan fingerprint density at radius 2 is 1.71 bits per heavy atom. The number of aliphatic hydroxyl groups is 1. The molecule has 9 heteroatoms. The van der Waals surface area contributed by atoms with Crippen LogP contribution in [0.4, 0.5) is 4.39 Å². The number of rotatable bonds is 9. The Balaban J connectivity index is 0.000000625. The molecule has 2 aliphatic carbocycles. The zero-order chi connectivity index (χ0) is 33.2. The number of nitrogens with zero attached hydrogens (tertiary/aromatic N) is 1. The minimum absolute atomic E-state index is 0.174. The standard InChI is InChI=1S/C27H34FN3O3S.C5H10O.2C2H6/c1-34-21-11-12-22-20(14-21)10-13-25-23(22)15-27(31-25)29-16-18-6-8-19(9-7-18)17-30-35(32,33)26-5-3-2-4-24(26)28;1-2-3-4-5-6;2*1-2/h2-5,11-12,14,18-19,23,25,30H,6-10,13,15-17H2,1H3,(H,29,31);3-4,6H,2,5H2,1H3;2*1-2H3/b;4-3+;;. The van der Waals surface area contributed by atoms with Gasteiger partial charge in [0.1, 0.15) is 16.5 Å². The van der Waals surface area contributed by atoms with Gasteiger partial charge in [0.25, 0.3) is 0 Å². The topological polar surface area (TPSA) is 100 Å². The van der Waals surface area contributed by atoms with Crippen LogP contribution in [0.3, 0.4) is 0 Å². The Labute approximate surface area is 271 Å². The number of allylic oxidation sites excluding steroid dienone is 1. The lowest BCUT2D eigenvalue weighted by Gasteiger charge is -2.28. The van der Waals surface area contributed by atoms with Crippen molar-refractivity contribution in [1.82, 2.24) is 10.0 Å². The molecule has 1 saturated heterocycles. The molecule has 0 radical (unpaired) electrons. The quantitative estimate of drug-likeness (QED) is 0.247. The minimum atomic E-state index is -3.82. The normalized spacial score (nSPS) is 22.8. The van der Waals surface area contributed by atoms with Crippen molar-refractivity contribution in [3.63, 3.8) is 0 Å². The average molecular weight is 646 g/mol. The third-order valence-corrected chi connectivity index (χ3v) is 9.88. The molecule has 0 bridgehead atoms. The van der Waals surface area contributed by atoms with E-state index in [0.717, 1.165) is 69.5 Å². The molecule has 1 aliphatic heterocycles. The summed E-state index contributed by atoms with van der Waals surface area (Å²) in [5.74, 6) is 2.64. The van der Waals surface area contributed by atoms with E-state index >= 15 is 0 Å². The molecule has 0 aromatic heterocycles. The lowest BCUT2D eigenvalue weighted by Crippen LogP contribution is -2.33. The molecule has 7 nitrogen and oxygen atoms in total. The number of nitrogens with one attached hydrogen (secondary N) is 2. The number of hydrogen-bond acceptors (Lipinski definition) is 5. The lowest BCUT2D eigenvalue weighted by molar-refractivity contribution is 0.280. The van der Waals surface area contributed by atoms with Crippen LogP contribution in [-0.2, 0) is 16.4 Å². The summed E-state index contributed by atoms with van der Waals surface area (Å²) in [6.07, 6.45) is 11.8. The van der Waals surface area contributed by atoms with E-state index in [9.17, 15) is 12.8 Å². The van der Waals surface area contributed by atoms with E-state index in [-0.39, 0.29) is 17.4 Å². The van der Waals surface area contributed by atoms with Gasteiger partial charge in [0.2, 0.25) is 10.0 Å². The fraction of sp³-hybridized carbons (Fsp3) is 0.583. The van der Waals surface area contributed by atoms with Gasteiger partial charge in [-0.3, -0.25) is 4.99 Å². The molecule has 5 rings (SSSR count). The van der Waals surface area contributed by atoms with Crippen LogP contribution in [0.2, 0.25) is 0 Å². The maximum absolute atomic E-state index is 13.9. The van der Waals surface area contributed by atoms with Crippen LogP contribution < -0.4 is 14.8 Å². The number of sulfonamides is 1. The molecule has 0 amide bonds. The summed E-state index contributed by atoms with van der Waals surface area (Å²) in [5.41, 5.74) is 2.83. The van der Waals surface area contributed by atoms with E-state index in [2.05, 4.69) is 28.2 Å². The Hall–Kier alpha value is -2.75. The van der Waals surface area contributed by atoms with E-state index in [4.69, 9.17) is 14.8 Å². The fourth-order valence-corrected chi connectivity index (χ4v) is 7.29. The van der Waals surface area contributed by atoms with Gasteiger partial charge in [-0.2, -0.15) is 0 Å². The highest BCUT2D eigenvalue weighted by atomic mass is 32.2. The van der Waals surface area contributed by atoms with Gasteiger partial charge in [0.15, 0.2) is 0 Å². The molecule has 252 valence electrons. The van der Waals surface area contributed by atoms with Crippen molar-refractivity contribution in [2.75, 3.05) is 26.8 Å². The predicted octanol–water partition coefficient (Wildman–Crippen LogP) is 7.41. The molecule has 2 fully saturated rings. The van der Waals surface area contributed by atoms with E-state index in [1.165, 1.54) is 35.4 Å². The van der Waals surface area contributed by atoms with Crippen LogP contribution in [0.15, 0.2) is 64.5 Å². The minimum Gasteiger partial charge on any atom is -0.497 e. The number of aryl methyl sites for hydroxylation is 1. The number of ether oxygens (including phenoxy) is 1. The van der Waals surface area contributed by atoms with Crippen molar-refractivity contribution in [3.05, 3.63) is 71.6 Å². The summed E-state index contributed by atoms with van der Waals surface area (Å²) < 4.78 is 46.8. The third-order valence-electron chi connectivity index (χ3n) is 8.43. The molecule has 3 N–H and O–H groups in total. The van der Waals surface area contributed by atoms with Gasteiger partial charge in [-0.15, -0.1) is 0 Å². The number of benzene rings is 2. The highest BCUT2D eigenvalue weighted by Crippen LogP contribution is 2.39. The second-order valence-corrected chi connectivity index (χ2v) is 12.9. The predicted molar refractivity (Wildman–Crippen MR) is 184 cm³/mol. The Morgan fingerprint density at radius 3 is 2.33 bits per heavy atom. The van der Waals surface area contributed by atoms with E-state index in [0.29, 0.717) is 24.4 Å². The summed E-state index contributed by atoms with van der Waals surface area (Å²) in [6, 6.07) is 12.4. The fourth-order valence-electron chi connectivity index (χ4n) is 6.10. The summed E-state index contributed by atoms with van der Waals surface area (Å²) in [4.78, 5) is 4.68. The average Bonchev–Trinajstić information content (AvgIpc) is 3.51. The van der Waals surface area contributed by atoms with Crippen molar-refractivity contribution in [2.24, 2.45) is 16.8 Å². The van der Waals surface area contributed by atoms with Gasteiger partial charge in [-0.05, 0) is 92.2 Å². The molecule has 2 aromatic carbocycles. The SMILES string of the molecule is CC.CC.CC/C=C/CO.COc1ccc2c(c1)CCC1NC(=NCC3CCC(CNS(=O)(=O)c4ccccc4F)CC3)CC21. The number of aliphatic hydroxyl groups excluding tert-OH is 1. The zero-order valence-corrected chi connectivity index (χ0v) is 29.0. The van der Waals surface area contributed by atoms with Crippen molar-refractivity contribution < 1.29 is 22.7 Å². The van der Waals surface area contributed by atoms with Gasteiger partial charge in [0, 0.05) is 31.5 Å². The van der Waals surface area contributed by atoms with Crippen molar-refractivity contribution >= 4 is 15.9 Å². The van der Waals surface area contributed by atoms with Crippen molar-refractivity contribution in [2.45, 2.75) is 103 Å². The van der Waals surface area contributed by atoms with Crippen LogP contribution in [0.5, 0.6) is 5.75 Å². The Bertz CT molecular complexity index is 1300. The van der Waals surface area contributed by atoms with Crippen LogP contribution in [0.25, 0.3) is 0 Å². The van der Waals surface area contributed by atoms with E-state index in [1.54, 1.807) is 13.2 Å². The molecule has 45 heavy (non-hydrogen) atoms. The summed E-state index contributed by atoms with van der Waals surface area (Å²) >= 11 is 0. The van der Waals surface area contributed by atoms with Gasteiger partial charge >= 0.3 is 0 Å². The van der Waals surface area contributed by atoms with E-state index in [1.807, 2.05) is 40.7 Å². The molecule has 2 atom stereocenters. The molecule has 0 spiro atoms. The van der Waals surface area contributed by atoms with Crippen LogP contribution in [-0.4, -0.2) is 52.2 Å². The first-order chi connectivity index (χ1) is 21.8. The maximum Gasteiger partial charge on any atom is 0.243 e. The number of methoxy groups -OCH3 is 1. The third kappa shape index (κ3) is 11.5. The van der Waals surface area contributed by atoms with Gasteiger partial charge in [-0.25, -0.2) is 17.5 Å². The van der Waals surface area contributed by atoms with E-state index < -0.39 is 15.8 Å². The first-order valence-electron chi connectivity index (χ1n) is 16.8. The summed E-state index contributed by atoms with van der Waals surface area (Å²) in [5, 5.41) is 11.8. The second-order valence-electron chi connectivity index (χ2n) is 11.2. The number of fused-ring (bicyclic) bond motifs is 3. The van der Waals surface area contributed by atoms with Crippen LogP contribution >= 0.6 is 0 Å². The van der Waals surface area contributed by atoms with Crippen LogP contribution in [0.1, 0.15) is 96.6 Å². The molecule has 2 aromatic rings. The van der Waals surface area contributed by atoms with Gasteiger partial charge in [-0.1, -0.05) is 65.0 Å². The molecular weight excluding hydrogens is 589 g/mol. The van der Waals surface area contributed by atoms with Gasteiger partial charge < -0.3 is 15.2 Å². The molecule has 1 saturated carbocycles. The number of halogens is 1. The summed E-state index contributed by atoms with van der Waals surface area (Å²) in [6.45, 7) is 11.4. The largest absolute Gasteiger partial charge is 0.497 e. The Morgan fingerprint density at radius 1 is 1.02 bits per heavy atom. The second kappa shape index (κ2) is 20.4. The first kappa shape index (κ1) is 38.4. The zero-order valence-electron chi connectivity index (χ0n) is 28.2. The maximum atomic E-state index is 13.9. The van der Waals surface area contributed by atoms with Gasteiger partial charge in [0.05, 0.1) is 19.6 Å². The van der Waals surface area contributed by atoms with Crippen molar-refractivity contribution in [1.29, 1.82) is 0 Å². The molecular formula is C36H56FN3O4S. The Kier molecular flexibility index (Phi) is 17.4. The smallest absolute Gasteiger partial charge is 0.243 e. The molecule has 1 heterocycles. The number of amidine groups is 1. The highest BCUT2D eigenvalue weighted by molar-refractivity contribution is 7.89. The lowest BCUT2D eigenvalue weighted by atomic mass is 9.80. The first-order valence-corrected chi connectivity index (χ1v) is 18.3. The molecule has 2 unspecified atom stereocenters. The number of hydrogen-bond donors (Lipinski definition) is 3. The highest BCUT2D eigenvalue weighted by Gasteiger charge is 2.36.